The number of methoxy groups -OCH3 is 1. The first-order valence-corrected chi connectivity index (χ1v) is 14.9. The van der Waals surface area contributed by atoms with E-state index in [1.54, 1.807) is 31.3 Å². The van der Waals surface area contributed by atoms with Crippen molar-refractivity contribution in [1.29, 1.82) is 0 Å². The third kappa shape index (κ3) is 5.05. The van der Waals surface area contributed by atoms with Gasteiger partial charge < -0.3 is 17.1 Å². The molecule has 1 aliphatic heterocycles. The lowest BCUT2D eigenvalue weighted by Gasteiger charge is -2.34. The number of pyridine rings is 1. The van der Waals surface area contributed by atoms with Crippen LogP contribution < -0.4 is 21.9 Å². The van der Waals surface area contributed by atoms with Crippen molar-refractivity contribution in [1.82, 2.24) is 9.97 Å². The fourth-order valence-electron chi connectivity index (χ4n) is 3.68. The summed E-state index contributed by atoms with van der Waals surface area (Å²) in [6.07, 6.45) is 7.43. The molecule has 6 nitrogen and oxygen atoms in total. The van der Waals surface area contributed by atoms with Gasteiger partial charge in [0, 0.05) is 36.0 Å². The number of nitrogens with zero attached hydrogens (tertiary/aromatic N) is 4. The molecule has 9 heteroatoms. The Morgan fingerprint density at radius 1 is 1.18 bits per heavy atom. The minimum atomic E-state index is -2.12. The molecule has 0 amide bonds. The summed E-state index contributed by atoms with van der Waals surface area (Å²) in [5.74, 6) is 0.809. The fraction of sp³-hybridized carbons (Fsp3) is 0.360. The van der Waals surface area contributed by atoms with Gasteiger partial charge in [-0.3, -0.25) is 9.69 Å². The Hall–Kier alpha value is -2.26. The number of aromatic nitrogens is 3. The van der Waals surface area contributed by atoms with Crippen LogP contribution in [0.15, 0.2) is 65.0 Å². The van der Waals surface area contributed by atoms with Crippen molar-refractivity contribution >= 4 is 36.7 Å². The molecule has 3 aromatic rings. The number of hydrogen-bond donors (Lipinski definition) is 0. The van der Waals surface area contributed by atoms with E-state index in [1.165, 1.54) is 0 Å². The lowest BCUT2D eigenvalue weighted by Crippen LogP contribution is -3.00. The van der Waals surface area contributed by atoms with Crippen molar-refractivity contribution in [3.05, 3.63) is 66.2 Å². The molecule has 34 heavy (non-hydrogen) atoms. The quantitative estimate of drug-likeness (QED) is 0.371. The largest absolute Gasteiger partial charge is 1.00 e. The van der Waals surface area contributed by atoms with Crippen LogP contribution >= 0.6 is 11.8 Å². The molecule has 1 aromatic carbocycles. The van der Waals surface area contributed by atoms with E-state index < -0.39 is 8.07 Å². The van der Waals surface area contributed by atoms with E-state index in [1.807, 2.05) is 24.5 Å². The number of anilines is 2. The predicted molar refractivity (Wildman–Crippen MR) is 134 cm³/mol. The number of rotatable bonds is 6. The standard InChI is InChI=1S/C25H31N4O2SSi.ClH/c1-25(2,3)33(5,6)24(30)19-8-7-13-28(16-19)15-18-9-10-21-20(14-18)29(17-31-4)22-23(32-21)27-12-11-26-22;/h7-14,16H,15,17H2,1-6H3;1H/q+1;/p-1. The maximum atomic E-state index is 13.4. The summed E-state index contributed by atoms with van der Waals surface area (Å²) in [7, 11) is -0.441. The molecule has 0 unspecified atom stereocenters. The first-order valence-electron chi connectivity index (χ1n) is 11.0. The average molecular weight is 515 g/mol. The van der Waals surface area contributed by atoms with Gasteiger partial charge in [-0.25, -0.2) is 14.5 Å². The smallest absolute Gasteiger partial charge is 0.179 e. The van der Waals surface area contributed by atoms with Crippen molar-refractivity contribution in [2.45, 2.75) is 55.4 Å². The maximum absolute atomic E-state index is 13.4. The molecule has 180 valence electrons. The summed E-state index contributed by atoms with van der Waals surface area (Å²) in [5, 5.41) is 1.18. The predicted octanol–water partition coefficient (Wildman–Crippen LogP) is 2.25. The number of carbonyl (C=O) groups is 1. The van der Waals surface area contributed by atoms with Crippen LogP contribution in [0.5, 0.6) is 0 Å². The average Bonchev–Trinajstić information content (AvgIpc) is 2.78. The Balaban J connectivity index is 0.00000324. The van der Waals surface area contributed by atoms with E-state index in [4.69, 9.17) is 4.74 Å². The van der Waals surface area contributed by atoms with Crippen LogP contribution in [0.1, 0.15) is 36.7 Å². The minimum Gasteiger partial charge on any atom is -1.00 e. The van der Waals surface area contributed by atoms with Crippen LogP contribution in [-0.2, 0) is 11.3 Å². The molecule has 0 saturated heterocycles. The molecule has 0 bridgehead atoms. The van der Waals surface area contributed by atoms with E-state index in [0.29, 0.717) is 18.7 Å². The second-order valence-corrected chi connectivity index (χ2v) is 16.1. The normalized spacial score (nSPS) is 13.1. The minimum absolute atomic E-state index is 0. The molecular formula is C25H31ClN4O2SSi. The molecule has 0 aliphatic carbocycles. The molecule has 0 atom stereocenters. The van der Waals surface area contributed by atoms with E-state index in [9.17, 15) is 4.79 Å². The van der Waals surface area contributed by atoms with E-state index in [-0.39, 0.29) is 17.4 Å². The monoisotopic (exact) mass is 514 g/mol. The molecule has 1 aliphatic rings. The van der Waals surface area contributed by atoms with Crippen LogP contribution in [-0.4, -0.2) is 37.3 Å². The zero-order chi connectivity index (χ0) is 23.8. The van der Waals surface area contributed by atoms with Gasteiger partial charge >= 0.3 is 0 Å². The Labute approximate surface area is 213 Å². The van der Waals surface area contributed by atoms with Gasteiger partial charge in [0.15, 0.2) is 24.8 Å². The van der Waals surface area contributed by atoms with Crippen LogP contribution in [0, 0.1) is 0 Å². The molecule has 0 spiro atoms. The SMILES string of the molecule is COCN1c2cc(C[n+]3cccc(C(=O)[Si](C)(C)C(C)(C)C)c3)ccc2Sc2nccnc21.[Cl-]. The molecule has 0 radical (unpaired) electrons. The molecule has 0 N–H and O–H groups in total. The third-order valence-electron chi connectivity index (χ3n) is 6.61. The third-order valence-corrected chi connectivity index (χ3v) is 12.8. The van der Waals surface area contributed by atoms with Crippen LogP contribution in [0.2, 0.25) is 18.1 Å². The Morgan fingerprint density at radius 2 is 1.91 bits per heavy atom. The molecule has 0 fully saturated rings. The first kappa shape index (κ1) is 26.3. The maximum Gasteiger partial charge on any atom is 0.179 e. The van der Waals surface area contributed by atoms with Crippen molar-refractivity contribution in [2.75, 3.05) is 18.7 Å². The van der Waals surface area contributed by atoms with E-state index >= 15 is 0 Å². The summed E-state index contributed by atoms with van der Waals surface area (Å²) < 4.78 is 7.55. The summed E-state index contributed by atoms with van der Waals surface area (Å²) in [6, 6.07) is 10.3. The zero-order valence-electron chi connectivity index (χ0n) is 20.5. The Morgan fingerprint density at radius 3 is 2.62 bits per heavy atom. The highest BCUT2D eigenvalue weighted by Crippen LogP contribution is 2.46. The van der Waals surface area contributed by atoms with E-state index in [2.05, 4.69) is 71.5 Å². The Bertz CT molecular complexity index is 1200. The fourth-order valence-corrected chi connectivity index (χ4v) is 6.22. The van der Waals surface area contributed by atoms with Gasteiger partial charge in [0.25, 0.3) is 0 Å². The van der Waals surface area contributed by atoms with Gasteiger partial charge in [0.2, 0.25) is 0 Å². The summed E-state index contributed by atoms with van der Waals surface area (Å²) in [6.45, 7) is 11.9. The highest BCUT2D eigenvalue weighted by atomic mass is 35.5. The molecule has 2 aromatic heterocycles. The molecule has 0 saturated carbocycles. The van der Waals surface area contributed by atoms with Crippen molar-refractivity contribution in [3.63, 3.8) is 0 Å². The van der Waals surface area contributed by atoms with Gasteiger partial charge in [-0.15, -0.1) is 0 Å². The lowest BCUT2D eigenvalue weighted by atomic mass is 10.1. The van der Waals surface area contributed by atoms with Crippen LogP contribution in [0.25, 0.3) is 0 Å². The Kier molecular flexibility index (Phi) is 7.87. The number of benzene rings is 1. The number of ether oxygens (including phenoxy) is 1. The summed E-state index contributed by atoms with van der Waals surface area (Å²) in [4.78, 5) is 25.5. The van der Waals surface area contributed by atoms with Gasteiger partial charge in [-0.05, 0) is 23.2 Å². The summed E-state index contributed by atoms with van der Waals surface area (Å²) in [5.41, 5.74) is 2.99. The van der Waals surface area contributed by atoms with Gasteiger partial charge in [0.1, 0.15) is 25.2 Å². The molecule has 3 heterocycles. The number of carbonyl (C=O) groups excluding carboxylic acids is 1. The van der Waals surface area contributed by atoms with Crippen molar-refractivity contribution in [3.8, 4) is 0 Å². The van der Waals surface area contributed by atoms with Gasteiger partial charge in [-0.1, -0.05) is 51.7 Å². The zero-order valence-corrected chi connectivity index (χ0v) is 23.1. The highest BCUT2D eigenvalue weighted by Gasteiger charge is 2.43. The van der Waals surface area contributed by atoms with Crippen molar-refractivity contribution in [2.24, 2.45) is 0 Å². The number of hydrogen-bond acceptors (Lipinski definition) is 6. The highest BCUT2D eigenvalue weighted by molar-refractivity contribution is 7.99. The number of fused-ring (bicyclic) bond motifs is 2. The second-order valence-electron chi connectivity index (χ2n) is 9.90. The second kappa shape index (κ2) is 10.2. The first-order chi connectivity index (χ1) is 15.6. The van der Waals surface area contributed by atoms with Crippen LogP contribution in [0.4, 0.5) is 11.5 Å². The van der Waals surface area contributed by atoms with E-state index in [0.717, 1.165) is 32.6 Å². The summed E-state index contributed by atoms with van der Waals surface area (Å²) >= 11 is 1.62. The molecular weight excluding hydrogens is 484 g/mol. The van der Waals surface area contributed by atoms with Gasteiger partial charge in [-0.2, -0.15) is 0 Å². The lowest BCUT2D eigenvalue weighted by molar-refractivity contribution is -0.688. The number of halogens is 1. The van der Waals surface area contributed by atoms with Gasteiger partial charge in [0.05, 0.1) is 11.3 Å². The molecule has 4 rings (SSSR count). The topological polar surface area (TPSA) is 59.2 Å². The van der Waals surface area contributed by atoms with Crippen LogP contribution in [0.3, 0.4) is 0 Å². The van der Waals surface area contributed by atoms with Crippen molar-refractivity contribution < 1.29 is 26.5 Å².